The van der Waals surface area contributed by atoms with E-state index in [0.29, 0.717) is 18.2 Å². The first-order valence-electron chi connectivity index (χ1n) is 8.24. The van der Waals surface area contributed by atoms with Gasteiger partial charge in [-0.2, -0.15) is 4.31 Å². The number of hydrogen-bond donors (Lipinski definition) is 1. The Balaban J connectivity index is 1.72. The maximum Gasteiger partial charge on any atom is 0.293 e. The lowest BCUT2D eigenvalue weighted by Gasteiger charge is -2.24. The Labute approximate surface area is 151 Å². The number of carbonyl (C=O) groups excluding carboxylic acids is 1. The van der Waals surface area contributed by atoms with Gasteiger partial charge >= 0.3 is 0 Å². The highest BCUT2D eigenvalue weighted by Crippen LogP contribution is 2.24. The number of amides is 1. The number of aromatic nitrogens is 1. The molecule has 2 aromatic heterocycles. The van der Waals surface area contributed by atoms with E-state index in [1.807, 2.05) is 19.2 Å². The van der Waals surface area contributed by atoms with Crippen LogP contribution >= 0.6 is 11.3 Å². The molecule has 0 radical (unpaired) electrons. The first-order chi connectivity index (χ1) is 11.9. The van der Waals surface area contributed by atoms with Gasteiger partial charge in [0.15, 0.2) is 10.9 Å². The van der Waals surface area contributed by atoms with E-state index in [-0.39, 0.29) is 16.8 Å². The van der Waals surface area contributed by atoms with Gasteiger partial charge in [-0.25, -0.2) is 13.4 Å². The van der Waals surface area contributed by atoms with Crippen molar-refractivity contribution in [2.24, 2.45) is 0 Å². The molecule has 2 aromatic rings. The van der Waals surface area contributed by atoms with Crippen LogP contribution in [0.2, 0.25) is 0 Å². The molecule has 3 heterocycles. The summed E-state index contributed by atoms with van der Waals surface area (Å²) in [6.07, 6.45) is 2.72. The van der Waals surface area contributed by atoms with Gasteiger partial charge in [-0.15, -0.1) is 11.3 Å². The zero-order valence-corrected chi connectivity index (χ0v) is 15.8. The number of thiazole rings is 1. The molecular formula is C16H21N3O4S2. The summed E-state index contributed by atoms with van der Waals surface area (Å²) in [5.74, 6) is -0.284. The second-order valence-electron chi connectivity index (χ2n) is 6.27. The first kappa shape index (κ1) is 18.1. The van der Waals surface area contributed by atoms with Crippen LogP contribution in [0.25, 0.3) is 0 Å². The van der Waals surface area contributed by atoms with Crippen molar-refractivity contribution in [1.82, 2.24) is 9.29 Å². The molecule has 3 rings (SSSR count). The number of hydrogen-bond acceptors (Lipinski definition) is 6. The summed E-state index contributed by atoms with van der Waals surface area (Å²) in [4.78, 5) is 16.6. The largest absolute Gasteiger partial charge is 0.438 e. The molecule has 25 heavy (non-hydrogen) atoms. The number of sulfonamides is 1. The van der Waals surface area contributed by atoms with Gasteiger partial charge < -0.3 is 4.42 Å². The minimum Gasteiger partial charge on any atom is -0.438 e. The standard InChI is InChI=1S/C16H21N3O4S2/c1-11(2)12-10-24-16(17-12)18-15(20)13-6-7-14(23-13)25(21,22)19-8-4-3-5-9-19/h6-7,10-11H,3-5,8-9H2,1-2H3,(H,17,18,20). The molecule has 0 atom stereocenters. The summed E-state index contributed by atoms with van der Waals surface area (Å²) >= 11 is 1.32. The van der Waals surface area contributed by atoms with E-state index >= 15 is 0 Å². The number of carbonyl (C=O) groups is 1. The Hall–Kier alpha value is -1.71. The lowest BCUT2D eigenvalue weighted by atomic mass is 10.2. The molecule has 1 N–H and O–H groups in total. The number of rotatable bonds is 5. The molecule has 0 aromatic carbocycles. The second kappa shape index (κ2) is 7.27. The predicted octanol–water partition coefficient (Wildman–Crippen LogP) is 3.29. The summed E-state index contributed by atoms with van der Waals surface area (Å²) in [6, 6.07) is 2.71. The Morgan fingerprint density at radius 1 is 1.28 bits per heavy atom. The number of furan rings is 1. The van der Waals surface area contributed by atoms with Crippen LogP contribution in [-0.4, -0.2) is 36.7 Å². The van der Waals surface area contributed by atoms with Crippen LogP contribution in [0.1, 0.15) is 55.3 Å². The van der Waals surface area contributed by atoms with Crippen LogP contribution in [0.5, 0.6) is 0 Å². The molecule has 0 spiro atoms. The van der Waals surface area contributed by atoms with Crippen LogP contribution in [0, 0.1) is 0 Å². The topological polar surface area (TPSA) is 92.5 Å². The highest BCUT2D eigenvalue weighted by atomic mass is 32.2. The molecule has 0 saturated carbocycles. The minimum atomic E-state index is -3.68. The fourth-order valence-electron chi connectivity index (χ4n) is 2.58. The van der Waals surface area contributed by atoms with E-state index in [2.05, 4.69) is 10.3 Å². The fraction of sp³-hybridized carbons (Fsp3) is 0.500. The van der Waals surface area contributed by atoms with E-state index in [1.165, 1.54) is 27.8 Å². The number of anilines is 1. The average Bonchev–Trinajstić information content (AvgIpc) is 3.25. The molecular weight excluding hydrogens is 362 g/mol. The highest BCUT2D eigenvalue weighted by Gasteiger charge is 2.29. The summed E-state index contributed by atoms with van der Waals surface area (Å²) in [6.45, 7) is 5.01. The van der Waals surface area contributed by atoms with Crippen molar-refractivity contribution in [3.05, 3.63) is 29.0 Å². The Bertz CT molecular complexity index is 848. The SMILES string of the molecule is CC(C)c1csc(NC(=O)c2ccc(S(=O)(=O)N3CCCCC3)o2)n1. The molecule has 136 valence electrons. The molecule has 9 heteroatoms. The van der Waals surface area contributed by atoms with Crippen molar-refractivity contribution in [2.75, 3.05) is 18.4 Å². The van der Waals surface area contributed by atoms with Gasteiger partial charge in [-0.1, -0.05) is 20.3 Å². The third-order valence-electron chi connectivity index (χ3n) is 4.05. The molecule has 1 aliphatic rings. The van der Waals surface area contributed by atoms with Gasteiger partial charge in [0.1, 0.15) is 0 Å². The lowest BCUT2D eigenvalue weighted by Crippen LogP contribution is -2.35. The van der Waals surface area contributed by atoms with E-state index < -0.39 is 15.9 Å². The van der Waals surface area contributed by atoms with Crippen molar-refractivity contribution < 1.29 is 17.6 Å². The average molecular weight is 383 g/mol. The molecule has 1 aliphatic heterocycles. The third kappa shape index (κ3) is 3.94. The van der Waals surface area contributed by atoms with Gasteiger partial charge in [0.05, 0.1) is 5.69 Å². The van der Waals surface area contributed by atoms with Crippen LogP contribution in [0.15, 0.2) is 27.0 Å². The quantitative estimate of drug-likeness (QED) is 0.855. The summed E-state index contributed by atoms with van der Waals surface area (Å²) in [5.41, 5.74) is 0.896. The number of nitrogens with zero attached hydrogens (tertiary/aromatic N) is 2. The Morgan fingerprint density at radius 3 is 2.64 bits per heavy atom. The zero-order valence-electron chi connectivity index (χ0n) is 14.2. The third-order valence-corrected chi connectivity index (χ3v) is 6.60. The molecule has 0 bridgehead atoms. The van der Waals surface area contributed by atoms with Crippen LogP contribution < -0.4 is 5.32 Å². The van der Waals surface area contributed by atoms with E-state index in [1.54, 1.807) is 0 Å². The van der Waals surface area contributed by atoms with E-state index in [0.717, 1.165) is 25.0 Å². The Kier molecular flexibility index (Phi) is 5.26. The Morgan fingerprint density at radius 2 is 2.00 bits per heavy atom. The van der Waals surface area contributed by atoms with Gasteiger partial charge in [0.25, 0.3) is 15.9 Å². The lowest BCUT2D eigenvalue weighted by molar-refractivity contribution is 0.0991. The normalized spacial score (nSPS) is 16.3. The van der Waals surface area contributed by atoms with Crippen LogP contribution in [0.4, 0.5) is 5.13 Å². The first-order valence-corrected chi connectivity index (χ1v) is 10.6. The molecule has 0 unspecified atom stereocenters. The highest BCUT2D eigenvalue weighted by molar-refractivity contribution is 7.89. The summed E-state index contributed by atoms with van der Waals surface area (Å²) in [7, 11) is -3.68. The summed E-state index contributed by atoms with van der Waals surface area (Å²) < 4.78 is 31.8. The van der Waals surface area contributed by atoms with E-state index in [9.17, 15) is 13.2 Å². The number of nitrogens with one attached hydrogen (secondary N) is 1. The molecule has 7 nitrogen and oxygen atoms in total. The zero-order chi connectivity index (χ0) is 18.0. The van der Waals surface area contributed by atoms with Crippen molar-refractivity contribution >= 4 is 32.4 Å². The second-order valence-corrected chi connectivity index (χ2v) is 9.00. The van der Waals surface area contributed by atoms with Crippen molar-refractivity contribution in [1.29, 1.82) is 0 Å². The monoisotopic (exact) mass is 383 g/mol. The molecule has 1 saturated heterocycles. The van der Waals surface area contributed by atoms with E-state index in [4.69, 9.17) is 4.42 Å². The van der Waals surface area contributed by atoms with Crippen molar-refractivity contribution in [3.8, 4) is 0 Å². The maximum atomic E-state index is 12.5. The van der Waals surface area contributed by atoms with Gasteiger partial charge in [-0.05, 0) is 30.9 Å². The minimum absolute atomic E-state index is 0.0446. The maximum absolute atomic E-state index is 12.5. The molecule has 1 amide bonds. The van der Waals surface area contributed by atoms with Gasteiger partial charge in [-0.3, -0.25) is 10.1 Å². The molecule has 1 fully saturated rings. The van der Waals surface area contributed by atoms with Crippen molar-refractivity contribution in [2.45, 2.75) is 44.1 Å². The van der Waals surface area contributed by atoms with Gasteiger partial charge in [0.2, 0.25) is 5.09 Å². The summed E-state index contributed by atoms with van der Waals surface area (Å²) in [5, 5.41) is 4.80. The fourth-order valence-corrected chi connectivity index (χ4v) is 4.88. The van der Waals surface area contributed by atoms with Crippen LogP contribution in [-0.2, 0) is 10.0 Å². The number of piperidine rings is 1. The van der Waals surface area contributed by atoms with Crippen LogP contribution in [0.3, 0.4) is 0 Å². The molecule has 0 aliphatic carbocycles. The smallest absolute Gasteiger partial charge is 0.293 e. The van der Waals surface area contributed by atoms with Crippen molar-refractivity contribution in [3.63, 3.8) is 0 Å². The predicted molar refractivity (Wildman–Crippen MR) is 95.5 cm³/mol. The van der Waals surface area contributed by atoms with Gasteiger partial charge in [0, 0.05) is 18.5 Å².